The van der Waals surface area contributed by atoms with E-state index in [9.17, 15) is 0 Å². The fraction of sp³-hybridized carbons (Fsp3) is 0.389. The monoisotopic (exact) mass is 313 g/mol. The Morgan fingerprint density at radius 2 is 1.96 bits per heavy atom. The maximum atomic E-state index is 6.34. The van der Waals surface area contributed by atoms with Crippen LogP contribution in [0, 0.1) is 0 Å². The van der Waals surface area contributed by atoms with E-state index in [1.165, 1.54) is 0 Å². The first-order chi connectivity index (χ1) is 11.2. The van der Waals surface area contributed by atoms with Crippen LogP contribution in [0.2, 0.25) is 0 Å². The van der Waals surface area contributed by atoms with Crippen LogP contribution >= 0.6 is 0 Å². The minimum Gasteiger partial charge on any atom is -0.493 e. The van der Waals surface area contributed by atoms with Gasteiger partial charge in [0.15, 0.2) is 11.5 Å². The molecule has 0 bridgehead atoms. The quantitative estimate of drug-likeness (QED) is 0.939. The Kier molecular flexibility index (Phi) is 4.67. The summed E-state index contributed by atoms with van der Waals surface area (Å²) in [6, 6.07) is 12.2. The average molecular weight is 313 g/mol. The van der Waals surface area contributed by atoms with Crippen molar-refractivity contribution in [2.24, 2.45) is 5.73 Å². The number of pyridine rings is 1. The molecule has 1 aromatic heterocycles. The summed E-state index contributed by atoms with van der Waals surface area (Å²) in [7, 11) is 3.30. The first kappa shape index (κ1) is 15.6. The molecule has 0 amide bonds. The van der Waals surface area contributed by atoms with E-state index in [4.69, 9.17) is 15.2 Å². The molecule has 122 valence electrons. The summed E-state index contributed by atoms with van der Waals surface area (Å²) in [5, 5.41) is 0. The minimum absolute atomic E-state index is 0.140. The summed E-state index contributed by atoms with van der Waals surface area (Å²) >= 11 is 0. The zero-order chi connectivity index (χ0) is 16.2. The van der Waals surface area contributed by atoms with E-state index in [0.717, 1.165) is 42.4 Å². The van der Waals surface area contributed by atoms with E-state index in [1.54, 1.807) is 14.2 Å². The highest BCUT2D eigenvalue weighted by Crippen LogP contribution is 2.34. The van der Waals surface area contributed by atoms with Crippen LogP contribution in [-0.2, 0) is 0 Å². The molecule has 23 heavy (non-hydrogen) atoms. The number of aromatic nitrogens is 1. The van der Waals surface area contributed by atoms with Gasteiger partial charge in [-0.2, -0.15) is 0 Å². The van der Waals surface area contributed by atoms with Crippen LogP contribution in [0.3, 0.4) is 0 Å². The van der Waals surface area contributed by atoms with Gasteiger partial charge < -0.3 is 20.1 Å². The SMILES string of the molecule is COc1ccc(N2CC[C@@H](N)[C@@H](c3ccccn3)C2)cc1OC. The van der Waals surface area contributed by atoms with Crippen molar-refractivity contribution in [3.05, 3.63) is 48.3 Å². The van der Waals surface area contributed by atoms with Crippen molar-refractivity contribution < 1.29 is 9.47 Å². The Morgan fingerprint density at radius 3 is 2.65 bits per heavy atom. The Balaban J connectivity index is 1.84. The number of rotatable bonds is 4. The second-order valence-corrected chi connectivity index (χ2v) is 5.80. The lowest BCUT2D eigenvalue weighted by Crippen LogP contribution is -2.46. The maximum Gasteiger partial charge on any atom is 0.162 e. The minimum atomic E-state index is 0.140. The van der Waals surface area contributed by atoms with E-state index >= 15 is 0 Å². The smallest absolute Gasteiger partial charge is 0.162 e. The first-order valence-electron chi connectivity index (χ1n) is 7.86. The predicted octanol–water partition coefficient (Wildman–Crippen LogP) is 2.42. The summed E-state index contributed by atoms with van der Waals surface area (Å²) in [4.78, 5) is 6.83. The van der Waals surface area contributed by atoms with Crippen LogP contribution < -0.4 is 20.1 Å². The highest BCUT2D eigenvalue weighted by Gasteiger charge is 2.29. The molecule has 0 spiro atoms. The molecule has 2 aromatic rings. The van der Waals surface area contributed by atoms with Crippen LogP contribution in [0.5, 0.6) is 11.5 Å². The Morgan fingerprint density at radius 1 is 1.13 bits per heavy atom. The van der Waals surface area contributed by atoms with Gasteiger partial charge >= 0.3 is 0 Å². The van der Waals surface area contributed by atoms with Crippen molar-refractivity contribution in [3.63, 3.8) is 0 Å². The van der Waals surface area contributed by atoms with Crippen molar-refractivity contribution in [2.75, 3.05) is 32.2 Å². The topological polar surface area (TPSA) is 60.6 Å². The predicted molar refractivity (Wildman–Crippen MR) is 91.3 cm³/mol. The van der Waals surface area contributed by atoms with Gasteiger partial charge in [0.25, 0.3) is 0 Å². The number of nitrogens with two attached hydrogens (primary N) is 1. The number of hydrogen-bond donors (Lipinski definition) is 1. The highest BCUT2D eigenvalue weighted by atomic mass is 16.5. The van der Waals surface area contributed by atoms with E-state index < -0.39 is 0 Å². The van der Waals surface area contributed by atoms with Crippen LogP contribution in [0.15, 0.2) is 42.6 Å². The summed E-state index contributed by atoms with van der Waals surface area (Å²) < 4.78 is 10.7. The van der Waals surface area contributed by atoms with Crippen LogP contribution in [0.1, 0.15) is 18.0 Å². The number of benzene rings is 1. The molecule has 1 aromatic carbocycles. The summed E-state index contributed by atoms with van der Waals surface area (Å²) in [6.07, 6.45) is 2.77. The van der Waals surface area contributed by atoms with Crippen molar-refractivity contribution in [1.29, 1.82) is 0 Å². The number of nitrogens with zero attached hydrogens (tertiary/aromatic N) is 2. The number of methoxy groups -OCH3 is 2. The molecule has 5 heteroatoms. The molecule has 0 radical (unpaired) electrons. The lowest BCUT2D eigenvalue weighted by Gasteiger charge is -2.38. The molecule has 1 aliphatic heterocycles. The highest BCUT2D eigenvalue weighted by molar-refractivity contribution is 5.57. The zero-order valence-corrected chi connectivity index (χ0v) is 13.6. The van der Waals surface area contributed by atoms with Crippen molar-refractivity contribution in [3.8, 4) is 11.5 Å². The lowest BCUT2D eigenvalue weighted by molar-refractivity contribution is 0.354. The van der Waals surface area contributed by atoms with Crippen LogP contribution in [0.4, 0.5) is 5.69 Å². The largest absolute Gasteiger partial charge is 0.493 e. The van der Waals surface area contributed by atoms with Gasteiger partial charge in [-0.25, -0.2) is 0 Å². The first-order valence-corrected chi connectivity index (χ1v) is 7.86. The molecular formula is C18H23N3O2. The van der Waals surface area contributed by atoms with Gasteiger partial charge in [0.05, 0.1) is 14.2 Å². The van der Waals surface area contributed by atoms with Crippen molar-refractivity contribution in [2.45, 2.75) is 18.4 Å². The Bertz CT molecular complexity index is 648. The molecule has 5 nitrogen and oxygen atoms in total. The maximum absolute atomic E-state index is 6.34. The third kappa shape index (κ3) is 3.24. The second-order valence-electron chi connectivity index (χ2n) is 5.80. The summed E-state index contributed by atoms with van der Waals surface area (Å²) in [5.74, 6) is 1.72. The number of hydrogen-bond acceptors (Lipinski definition) is 5. The number of ether oxygens (including phenoxy) is 2. The van der Waals surface area contributed by atoms with Gasteiger partial charge in [-0.1, -0.05) is 6.07 Å². The molecule has 3 rings (SSSR count). The third-order valence-corrected chi connectivity index (χ3v) is 4.47. The van der Waals surface area contributed by atoms with Gasteiger partial charge in [-0.15, -0.1) is 0 Å². The standard InChI is InChI=1S/C18H23N3O2/c1-22-17-7-6-13(11-18(17)23-2)21-10-8-15(19)14(12-21)16-5-3-4-9-20-16/h3-7,9,11,14-15H,8,10,12,19H2,1-2H3/t14-,15+/m0/s1. The van der Waals surface area contributed by atoms with Gasteiger partial charge in [-0.05, 0) is 30.7 Å². The van der Waals surface area contributed by atoms with Crippen LogP contribution in [-0.4, -0.2) is 38.3 Å². The van der Waals surface area contributed by atoms with Gasteiger partial charge in [0, 0.05) is 48.7 Å². The summed E-state index contributed by atoms with van der Waals surface area (Å²) in [6.45, 7) is 1.79. The Labute approximate surface area is 137 Å². The fourth-order valence-corrected chi connectivity index (χ4v) is 3.13. The molecule has 0 unspecified atom stereocenters. The molecular weight excluding hydrogens is 290 g/mol. The van der Waals surface area contributed by atoms with E-state index in [2.05, 4.69) is 22.0 Å². The van der Waals surface area contributed by atoms with Gasteiger partial charge in [0.1, 0.15) is 0 Å². The molecule has 2 heterocycles. The Hall–Kier alpha value is -2.27. The molecule has 1 fully saturated rings. The molecule has 0 aliphatic carbocycles. The lowest BCUT2D eigenvalue weighted by atomic mass is 9.89. The molecule has 2 atom stereocenters. The van der Waals surface area contributed by atoms with E-state index in [-0.39, 0.29) is 12.0 Å². The summed E-state index contributed by atoms with van der Waals surface area (Å²) in [5.41, 5.74) is 8.52. The average Bonchev–Trinajstić information content (AvgIpc) is 2.62. The zero-order valence-electron chi connectivity index (χ0n) is 13.6. The third-order valence-electron chi connectivity index (χ3n) is 4.47. The molecule has 0 saturated carbocycles. The number of piperidine rings is 1. The number of anilines is 1. The second kappa shape index (κ2) is 6.87. The van der Waals surface area contributed by atoms with E-state index in [1.807, 2.05) is 30.5 Å². The van der Waals surface area contributed by atoms with Gasteiger partial charge in [-0.3, -0.25) is 4.98 Å². The van der Waals surface area contributed by atoms with E-state index in [0.29, 0.717) is 0 Å². The fourth-order valence-electron chi connectivity index (χ4n) is 3.13. The van der Waals surface area contributed by atoms with Gasteiger partial charge in [0.2, 0.25) is 0 Å². The molecule has 1 saturated heterocycles. The molecule has 1 aliphatic rings. The van der Waals surface area contributed by atoms with Crippen LogP contribution in [0.25, 0.3) is 0 Å². The normalized spacial score (nSPS) is 21.1. The van der Waals surface area contributed by atoms with Crippen molar-refractivity contribution >= 4 is 5.69 Å². The molecule has 2 N–H and O–H groups in total. The van der Waals surface area contributed by atoms with Crippen molar-refractivity contribution in [1.82, 2.24) is 4.98 Å².